The monoisotopic (exact) mass is 203 g/mol. The van der Waals surface area contributed by atoms with Gasteiger partial charge in [0.2, 0.25) is 0 Å². The van der Waals surface area contributed by atoms with Crippen LogP contribution in [0.15, 0.2) is 0 Å². The van der Waals surface area contributed by atoms with E-state index >= 15 is 0 Å². The molecule has 84 valence electrons. The molecule has 0 radical (unpaired) electrons. The van der Waals surface area contributed by atoms with E-state index in [1.807, 2.05) is 6.92 Å². The molecule has 0 aliphatic carbocycles. The third-order valence-corrected chi connectivity index (χ3v) is 1.96. The molecular weight excluding hydrogens is 182 g/mol. The molecule has 4 heteroatoms. The first-order valence-electron chi connectivity index (χ1n) is 5.16. The Kier molecular flexibility index (Phi) is 8.33. The smallest absolute Gasteiger partial charge is 0.407 e. The highest BCUT2D eigenvalue weighted by Crippen LogP contribution is 1.95. The van der Waals surface area contributed by atoms with Crippen molar-refractivity contribution in [3.8, 4) is 0 Å². The van der Waals surface area contributed by atoms with Gasteiger partial charge in [-0.05, 0) is 12.8 Å². The van der Waals surface area contributed by atoms with Crippen LogP contribution in [0.3, 0.4) is 0 Å². The number of ether oxygens (including phenoxy) is 2. The minimum Gasteiger partial charge on any atom is -0.453 e. The van der Waals surface area contributed by atoms with Gasteiger partial charge in [-0.1, -0.05) is 20.3 Å². The number of rotatable bonds is 7. The average Bonchev–Trinajstić information content (AvgIpc) is 2.22. The predicted octanol–water partition coefficient (Wildman–Crippen LogP) is 1.94. The Labute approximate surface area is 86.0 Å². The van der Waals surface area contributed by atoms with Crippen LogP contribution in [-0.4, -0.2) is 32.5 Å². The van der Waals surface area contributed by atoms with Gasteiger partial charge in [-0.25, -0.2) is 4.79 Å². The first-order valence-corrected chi connectivity index (χ1v) is 5.16. The predicted molar refractivity (Wildman–Crippen MR) is 55.3 cm³/mol. The maximum atomic E-state index is 10.9. The van der Waals surface area contributed by atoms with E-state index in [9.17, 15) is 4.79 Å². The summed E-state index contributed by atoms with van der Waals surface area (Å²) in [6.07, 6.45) is 2.65. The number of nitrogens with one attached hydrogen (secondary N) is 1. The molecule has 1 amide bonds. The van der Waals surface area contributed by atoms with Crippen LogP contribution in [0.4, 0.5) is 4.79 Å². The molecule has 0 saturated heterocycles. The summed E-state index contributed by atoms with van der Waals surface area (Å²) in [6.45, 7) is 5.44. The molecule has 1 atom stereocenters. The van der Waals surface area contributed by atoms with E-state index in [0.717, 1.165) is 25.9 Å². The summed E-state index contributed by atoms with van der Waals surface area (Å²) in [5, 5.41) is 2.71. The first-order chi connectivity index (χ1) is 6.74. The third-order valence-electron chi connectivity index (χ3n) is 1.96. The summed E-state index contributed by atoms with van der Waals surface area (Å²) in [4.78, 5) is 10.9. The van der Waals surface area contributed by atoms with Gasteiger partial charge < -0.3 is 14.8 Å². The fourth-order valence-corrected chi connectivity index (χ4v) is 0.959. The molecule has 4 nitrogen and oxygen atoms in total. The van der Waals surface area contributed by atoms with Crippen molar-refractivity contribution < 1.29 is 14.3 Å². The summed E-state index contributed by atoms with van der Waals surface area (Å²) in [7, 11) is 1.36. The molecular formula is C10H21NO3. The van der Waals surface area contributed by atoms with Crippen LogP contribution in [0.25, 0.3) is 0 Å². The number of carbonyl (C=O) groups excluding carboxylic acids is 1. The van der Waals surface area contributed by atoms with E-state index < -0.39 is 6.09 Å². The van der Waals surface area contributed by atoms with E-state index in [2.05, 4.69) is 17.0 Å². The molecule has 0 aliphatic heterocycles. The van der Waals surface area contributed by atoms with E-state index in [0.29, 0.717) is 6.61 Å². The lowest BCUT2D eigenvalue weighted by atomic mass is 10.2. The Balaban J connectivity index is 3.52. The number of hydrogen-bond acceptors (Lipinski definition) is 3. The van der Waals surface area contributed by atoms with Gasteiger partial charge in [0.05, 0.1) is 19.8 Å². The lowest BCUT2D eigenvalue weighted by Gasteiger charge is -2.15. The van der Waals surface area contributed by atoms with Gasteiger partial charge in [-0.2, -0.15) is 0 Å². The molecule has 1 N–H and O–H groups in total. The molecule has 0 aliphatic rings. The van der Waals surface area contributed by atoms with Crippen molar-refractivity contribution in [3.63, 3.8) is 0 Å². The van der Waals surface area contributed by atoms with Crippen LogP contribution in [0.1, 0.15) is 33.1 Å². The lowest BCUT2D eigenvalue weighted by Crippen LogP contribution is -2.37. The van der Waals surface area contributed by atoms with E-state index in [4.69, 9.17) is 4.74 Å². The van der Waals surface area contributed by atoms with Crippen molar-refractivity contribution in [2.45, 2.75) is 39.2 Å². The third kappa shape index (κ3) is 6.71. The molecule has 0 heterocycles. The Morgan fingerprint density at radius 1 is 1.43 bits per heavy atom. The Hall–Kier alpha value is -0.770. The highest BCUT2D eigenvalue weighted by Gasteiger charge is 2.09. The second-order valence-electron chi connectivity index (χ2n) is 3.17. The maximum Gasteiger partial charge on any atom is 0.407 e. The fraction of sp³-hybridized carbons (Fsp3) is 0.900. The molecule has 14 heavy (non-hydrogen) atoms. The zero-order valence-corrected chi connectivity index (χ0v) is 9.34. The number of hydrogen-bond donors (Lipinski definition) is 1. The normalized spacial score (nSPS) is 12.2. The molecule has 1 unspecified atom stereocenters. The van der Waals surface area contributed by atoms with Crippen molar-refractivity contribution in [2.24, 2.45) is 0 Å². The van der Waals surface area contributed by atoms with Gasteiger partial charge in [-0.3, -0.25) is 0 Å². The summed E-state index contributed by atoms with van der Waals surface area (Å²) < 4.78 is 9.91. The summed E-state index contributed by atoms with van der Waals surface area (Å²) in [5.74, 6) is 0. The van der Waals surface area contributed by atoms with Crippen molar-refractivity contribution in [1.29, 1.82) is 0 Å². The SMILES string of the molecule is CCCCOCC(CC)NC(=O)OC. The summed E-state index contributed by atoms with van der Waals surface area (Å²) in [5.41, 5.74) is 0. The van der Waals surface area contributed by atoms with Crippen molar-refractivity contribution >= 4 is 6.09 Å². The first kappa shape index (κ1) is 13.2. The average molecular weight is 203 g/mol. The minimum atomic E-state index is -0.393. The molecule has 0 bridgehead atoms. The minimum absolute atomic E-state index is 0.0549. The van der Waals surface area contributed by atoms with E-state index in [1.165, 1.54) is 7.11 Å². The number of carbonyl (C=O) groups is 1. The quantitative estimate of drug-likeness (QED) is 0.643. The van der Waals surface area contributed by atoms with Crippen molar-refractivity contribution in [2.75, 3.05) is 20.3 Å². The van der Waals surface area contributed by atoms with Crippen LogP contribution >= 0.6 is 0 Å². The van der Waals surface area contributed by atoms with Gasteiger partial charge in [0.1, 0.15) is 0 Å². The summed E-state index contributed by atoms with van der Waals surface area (Å²) >= 11 is 0. The van der Waals surface area contributed by atoms with Gasteiger partial charge in [0, 0.05) is 6.61 Å². The van der Waals surface area contributed by atoms with Crippen molar-refractivity contribution in [3.05, 3.63) is 0 Å². The van der Waals surface area contributed by atoms with Gasteiger partial charge >= 0.3 is 6.09 Å². The second-order valence-corrected chi connectivity index (χ2v) is 3.17. The fourth-order valence-electron chi connectivity index (χ4n) is 0.959. The van der Waals surface area contributed by atoms with Gasteiger partial charge in [0.25, 0.3) is 0 Å². The number of alkyl carbamates (subject to hydrolysis) is 1. The van der Waals surface area contributed by atoms with Crippen molar-refractivity contribution in [1.82, 2.24) is 5.32 Å². The number of methoxy groups -OCH3 is 1. The van der Waals surface area contributed by atoms with Crippen LogP contribution in [-0.2, 0) is 9.47 Å². The highest BCUT2D eigenvalue weighted by molar-refractivity contribution is 5.67. The number of amides is 1. The van der Waals surface area contributed by atoms with Crippen LogP contribution < -0.4 is 5.32 Å². The molecule has 0 rings (SSSR count). The Morgan fingerprint density at radius 2 is 2.14 bits per heavy atom. The number of unbranched alkanes of at least 4 members (excludes halogenated alkanes) is 1. The van der Waals surface area contributed by atoms with Crippen LogP contribution in [0.5, 0.6) is 0 Å². The molecule has 0 aromatic rings. The largest absolute Gasteiger partial charge is 0.453 e. The molecule has 0 aromatic heterocycles. The molecule has 0 fully saturated rings. The zero-order chi connectivity index (χ0) is 10.8. The molecule has 0 saturated carbocycles. The van der Waals surface area contributed by atoms with E-state index in [1.54, 1.807) is 0 Å². The molecule has 0 aromatic carbocycles. The van der Waals surface area contributed by atoms with Gasteiger partial charge in [-0.15, -0.1) is 0 Å². The topological polar surface area (TPSA) is 47.6 Å². The maximum absolute atomic E-state index is 10.9. The Morgan fingerprint density at radius 3 is 2.64 bits per heavy atom. The highest BCUT2D eigenvalue weighted by atomic mass is 16.5. The second kappa shape index (κ2) is 8.81. The van der Waals surface area contributed by atoms with Crippen LogP contribution in [0.2, 0.25) is 0 Å². The van der Waals surface area contributed by atoms with Gasteiger partial charge in [0.15, 0.2) is 0 Å². The van der Waals surface area contributed by atoms with Crippen LogP contribution in [0, 0.1) is 0 Å². The standard InChI is InChI=1S/C10H21NO3/c1-4-6-7-14-8-9(5-2)11-10(12)13-3/h9H,4-8H2,1-3H3,(H,11,12). The van der Waals surface area contributed by atoms with E-state index in [-0.39, 0.29) is 6.04 Å². The molecule has 0 spiro atoms. The lowest BCUT2D eigenvalue weighted by molar-refractivity contribution is 0.102. The zero-order valence-electron chi connectivity index (χ0n) is 9.34. The summed E-state index contributed by atoms with van der Waals surface area (Å²) in [6, 6.07) is 0.0549. The Bertz CT molecular complexity index is 150.